The van der Waals surface area contributed by atoms with Gasteiger partial charge in [-0.2, -0.15) is 0 Å². The molecule has 1 aromatic rings. The van der Waals surface area contributed by atoms with E-state index in [0.717, 1.165) is 87.0 Å². The zero-order valence-electron chi connectivity index (χ0n) is 34.6. The second kappa shape index (κ2) is 13.7. The van der Waals surface area contributed by atoms with Gasteiger partial charge in [0.25, 0.3) is 0 Å². The van der Waals surface area contributed by atoms with Gasteiger partial charge in [0.15, 0.2) is 0 Å². The summed E-state index contributed by atoms with van der Waals surface area (Å²) in [6, 6.07) is -1.44. The van der Waals surface area contributed by atoms with E-state index in [0.29, 0.717) is 23.7 Å². The molecule has 3 N–H and O–H groups in total. The normalized spacial score (nSPS) is 39.6. The quantitative estimate of drug-likeness (QED) is 0.204. The fraction of sp³-hybridized carbons (Fsp3) is 0.795. The lowest BCUT2D eigenvalue weighted by Crippen LogP contribution is -2.67. The van der Waals surface area contributed by atoms with E-state index in [2.05, 4.69) is 58.4 Å². The summed E-state index contributed by atoms with van der Waals surface area (Å²) in [6.07, 6.45) is 9.81. The summed E-state index contributed by atoms with van der Waals surface area (Å²) in [6.45, 7) is 28.3. The van der Waals surface area contributed by atoms with Gasteiger partial charge >= 0.3 is 11.9 Å². The number of fused-ring (bicyclic) bond motifs is 7. The molecule has 53 heavy (non-hydrogen) atoms. The van der Waals surface area contributed by atoms with Crippen LogP contribution in [0.15, 0.2) is 12.2 Å². The molecule has 294 valence electrons. The number of amides is 1. The Morgan fingerprint density at radius 3 is 2.19 bits per heavy atom. The average molecular weight is 733 g/mol. The molecule has 1 heterocycles. The predicted octanol–water partition coefficient (Wildman–Crippen LogP) is 7.87. The number of nitrogens with zero attached hydrogens (tertiary/aromatic N) is 2. The number of carbonyl (C=O) groups excluding carboxylic acids is 3. The van der Waals surface area contributed by atoms with Crippen molar-refractivity contribution in [2.24, 2.45) is 62.4 Å². The van der Waals surface area contributed by atoms with Crippen LogP contribution >= 0.6 is 0 Å². The van der Waals surface area contributed by atoms with Crippen LogP contribution in [0.25, 0.3) is 0 Å². The number of aromatic nitrogens is 2. The van der Waals surface area contributed by atoms with E-state index in [-0.39, 0.29) is 58.1 Å². The summed E-state index contributed by atoms with van der Waals surface area (Å²) < 4.78 is 12.5. The Morgan fingerprint density at radius 1 is 0.849 bits per heavy atom. The number of esters is 2. The van der Waals surface area contributed by atoms with Crippen LogP contribution in [0.2, 0.25) is 0 Å². The van der Waals surface area contributed by atoms with Crippen LogP contribution in [-0.4, -0.2) is 46.0 Å². The van der Waals surface area contributed by atoms with Gasteiger partial charge < -0.3 is 20.5 Å². The fourth-order valence-electron chi connectivity index (χ4n) is 13.5. The molecule has 0 bridgehead atoms. The summed E-state index contributed by atoms with van der Waals surface area (Å²) in [5.41, 5.74) is 9.86. The lowest BCUT2D eigenvalue weighted by atomic mass is 9.32. The highest BCUT2D eigenvalue weighted by molar-refractivity contribution is 5.87. The van der Waals surface area contributed by atoms with Crippen LogP contribution in [0.5, 0.6) is 0 Å². The Morgan fingerprint density at radius 2 is 1.53 bits per heavy atom. The van der Waals surface area contributed by atoms with Crippen molar-refractivity contribution in [1.29, 1.82) is 0 Å². The summed E-state index contributed by atoms with van der Waals surface area (Å²) in [7, 11) is 0. The SMILES string of the molecule is C=C(C)[C@@H]1CC[C@]2(C(=O)OCc3nc(C)c(C)nc3C)CC[C@]3(C)[C@H](CC[C@@H]4[C@@]5(C)CC[C@H](OC(=O)[C@H](C)NC(=O)[C@H](C)N)C(C)(C)[C@@H]5CC[C@]43C)[C@@H]12. The number of hydrogen-bond acceptors (Lipinski definition) is 8. The van der Waals surface area contributed by atoms with Crippen LogP contribution in [-0.2, 0) is 30.5 Å². The molecule has 0 aliphatic heterocycles. The van der Waals surface area contributed by atoms with E-state index in [1.807, 2.05) is 20.8 Å². The number of allylic oxidation sites excluding steroid dienone is 1. The van der Waals surface area contributed by atoms with Crippen molar-refractivity contribution < 1.29 is 23.9 Å². The molecule has 12 atom stereocenters. The molecular weight excluding hydrogens is 665 g/mol. The van der Waals surface area contributed by atoms with E-state index in [9.17, 15) is 14.4 Å². The molecule has 9 heteroatoms. The molecule has 0 saturated heterocycles. The molecule has 0 unspecified atom stereocenters. The van der Waals surface area contributed by atoms with Gasteiger partial charge in [-0.3, -0.25) is 19.6 Å². The molecule has 1 amide bonds. The van der Waals surface area contributed by atoms with E-state index >= 15 is 0 Å². The minimum Gasteiger partial charge on any atom is -0.460 e. The number of carbonyl (C=O) groups is 3. The largest absolute Gasteiger partial charge is 0.460 e. The zero-order valence-corrected chi connectivity index (χ0v) is 34.6. The van der Waals surface area contributed by atoms with Gasteiger partial charge in [-0.05, 0) is 152 Å². The van der Waals surface area contributed by atoms with Crippen LogP contribution in [0, 0.1) is 77.4 Å². The maximum absolute atomic E-state index is 14.5. The summed E-state index contributed by atoms with van der Waals surface area (Å²) in [5.74, 6) is 1.09. The topological polar surface area (TPSA) is 134 Å². The third kappa shape index (κ3) is 6.17. The lowest BCUT2D eigenvalue weighted by Gasteiger charge is -2.72. The molecule has 9 nitrogen and oxygen atoms in total. The van der Waals surface area contributed by atoms with Crippen LogP contribution in [0.4, 0.5) is 0 Å². The summed E-state index contributed by atoms with van der Waals surface area (Å²) in [4.78, 5) is 49.4. The molecule has 0 aromatic carbocycles. The van der Waals surface area contributed by atoms with Crippen molar-refractivity contribution in [1.82, 2.24) is 15.3 Å². The first-order valence-corrected chi connectivity index (χ1v) is 20.5. The van der Waals surface area contributed by atoms with Gasteiger partial charge in [-0.1, -0.05) is 46.8 Å². The minimum absolute atomic E-state index is 0.0447. The zero-order chi connectivity index (χ0) is 39.1. The second-order valence-corrected chi connectivity index (χ2v) is 19.6. The van der Waals surface area contributed by atoms with Crippen molar-refractivity contribution in [2.45, 2.75) is 165 Å². The first-order chi connectivity index (χ1) is 24.6. The Kier molecular flexibility index (Phi) is 10.3. The molecule has 0 radical (unpaired) electrons. The lowest BCUT2D eigenvalue weighted by molar-refractivity contribution is -0.251. The van der Waals surface area contributed by atoms with E-state index in [4.69, 9.17) is 20.2 Å². The monoisotopic (exact) mass is 733 g/mol. The van der Waals surface area contributed by atoms with Gasteiger partial charge in [-0.25, -0.2) is 4.79 Å². The Balaban J connectivity index is 1.24. The summed E-state index contributed by atoms with van der Waals surface area (Å²) in [5, 5.41) is 2.71. The average Bonchev–Trinajstić information content (AvgIpc) is 3.48. The van der Waals surface area contributed by atoms with Gasteiger partial charge in [0.05, 0.1) is 34.2 Å². The molecule has 5 aliphatic rings. The Hall–Kier alpha value is -2.81. The van der Waals surface area contributed by atoms with Crippen molar-refractivity contribution >= 4 is 17.8 Å². The second-order valence-electron chi connectivity index (χ2n) is 19.6. The van der Waals surface area contributed by atoms with Crippen molar-refractivity contribution in [3.63, 3.8) is 0 Å². The Bertz CT molecular complexity index is 1660. The number of hydrogen-bond donors (Lipinski definition) is 2. The summed E-state index contributed by atoms with van der Waals surface area (Å²) >= 11 is 0. The molecular formula is C44H68N4O5. The van der Waals surface area contributed by atoms with Gasteiger partial charge in [0.1, 0.15) is 18.8 Å². The molecule has 5 fully saturated rings. The fourth-order valence-corrected chi connectivity index (χ4v) is 13.5. The van der Waals surface area contributed by atoms with Crippen LogP contribution < -0.4 is 11.1 Å². The van der Waals surface area contributed by atoms with Crippen molar-refractivity contribution in [3.05, 3.63) is 34.9 Å². The van der Waals surface area contributed by atoms with Crippen LogP contribution in [0.3, 0.4) is 0 Å². The maximum atomic E-state index is 14.5. The molecule has 1 aromatic heterocycles. The highest BCUT2D eigenvalue weighted by Crippen LogP contribution is 2.77. The third-order valence-electron chi connectivity index (χ3n) is 16.7. The van der Waals surface area contributed by atoms with Gasteiger partial charge in [-0.15, -0.1) is 0 Å². The molecule has 6 rings (SSSR count). The molecule has 5 saturated carbocycles. The van der Waals surface area contributed by atoms with E-state index < -0.39 is 17.5 Å². The van der Waals surface area contributed by atoms with Gasteiger partial charge in [0.2, 0.25) is 5.91 Å². The first kappa shape index (κ1) is 39.9. The molecule has 0 spiro atoms. The highest BCUT2D eigenvalue weighted by Gasteiger charge is 2.72. The first-order valence-electron chi connectivity index (χ1n) is 20.5. The van der Waals surface area contributed by atoms with Crippen molar-refractivity contribution in [3.8, 4) is 0 Å². The number of rotatable bonds is 8. The van der Waals surface area contributed by atoms with Crippen molar-refractivity contribution in [2.75, 3.05) is 0 Å². The number of nitrogens with one attached hydrogen (secondary N) is 1. The number of aryl methyl sites for hydroxylation is 3. The van der Waals surface area contributed by atoms with Gasteiger partial charge in [0, 0.05) is 5.41 Å². The Labute approximate surface area is 318 Å². The third-order valence-corrected chi connectivity index (χ3v) is 16.7. The standard InChI is InChI=1S/C44H68N4O5/c1-24(2)30-15-20-44(39(51)52-23-32-28(6)46-26(4)27(5)47-32)22-21-42(11)31(36(30)44)13-14-34-41(10)18-17-35(40(8,9)33(41)16-19-43(34,42)12)53-38(50)29(7)48-37(49)25(3)45/h25,29-31,33-36H,1,13-23,45H2,2-12H3,(H,48,49)/t25-,29-,30-,31+,33-,34+,35-,36+,41-,42+,43+,44-/m0/s1. The predicted molar refractivity (Wildman–Crippen MR) is 206 cm³/mol. The number of nitrogens with two attached hydrogens (primary N) is 1. The van der Waals surface area contributed by atoms with E-state index in [1.54, 1.807) is 13.8 Å². The minimum atomic E-state index is -0.749. The van der Waals surface area contributed by atoms with E-state index in [1.165, 1.54) is 5.57 Å². The highest BCUT2D eigenvalue weighted by atomic mass is 16.5. The number of ether oxygens (including phenoxy) is 2. The molecule has 5 aliphatic carbocycles. The van der Waals surface area contributed by atoms with Crippen LogP contribution in [0.1, 0.15) is 142 Å². The smallest absolute Gasteiger partial charge is 0.328 e. The maximum Gasteiger partial charge on any atom is 0.328 e.